The van der Waals surface area contributed by atoms with E-state index in [-0.39, 0.29) is 18.0 Å². The summed E-state index contributed by atoms with van der Waals surface area (Å²) < 4.78 is 39.2. The second-order valence-corrected chi connectivity index (χ2v) is 5.37. The molecular weight excluding hydrogens is 337 g/mol. The van der Waals surface area contributed by atoms with Crippen molar-refractivity contribution >= 4 is 23.2 Å². The number of aromatic nitrogens is 4. The van der Waals surface area contributed by atoms with Crippen molar-refractivity contribution in [2.75, 3.05) is 5.32 Å². The fourth-order valence-electron chi connectivity index (χ4n) is 2.24. The van der Waals surface area contributed by atoms with Gasteiger partial charge in [-0.05, 0) is 31.2 Å². The van der Waals surface area contributed by atoms with Crippen molar-refractivity contribution in [3.05, 3.63) is 47.4 Å². The highest BCUT2D eigenvalue weighted by Gasteiger charge is 2.29. The van der Waals surface area contributed by atoms with Gasteiger partial charge in [-0.3, -0.25) is 4.79 Å². The summed E-state index contributed by atoms with van der Waals surface area (Å²) in [5, 5.41) is 7.12. The van der Waals surface area contributed by atoms with Crippen LogP contribution in [0.1, 0.15) is 17.1 Å². The first kappa shape index (κ1) is 16.7. The molecule has 3 N–H and O–H groups in total. The number of aryl methyl sites for hydroxylation is 1. The molecule has 0 saturated heterocycles. The number of nitrogens with zero attached hydrogens (tertiary/aromatic N) is 4. The van der Waals surface area contributed by atoms with Gasteiger partial charge in [-0.2, -0.15) is 22.7 Å². The van der Waals surface area contributed by atoms with Crippen LogP contribution in [0.2, 0.25) is 0 Å². The van der Waals surface area contributed by atoms with Crippen LogP contribution in [-0.2, 0) is 17.4 Å². The number of amides is 1. The fourth-order valence-corrected chi connectivity index (χ4v) is 2.24. The Labute approximate surface area is 139 Å². The van der Waals surface area contributed by atoms with Crippen molar-refractivity contribution in [2.24, 2.45) is 5.73 Å². The van der Waals surface area contributed by atoms with Gasteiger partial charge in [0.2, 0.25) is 5.91 Å². The third kappa shape index (κ3) is 3.67. The lowest BCUT2D eigenvalue weighted by atomic mass is 10.2. The number of carbonyl (C=O) groups excluding carboxylic acids is 1. The minimum absolute atomic E-state index is 0.137. The van der Waals surface area contributed by atoms with Gasteiger partial charge in [-0.1, -0.05) is 0 Å². The maximum Gasteiger partial charge on any atom is 0.416 e. The van der Waals surface area contributed by atoms with E-state index in [2.05, 4.69) is 20.4 Å². The molecule has 0 aliphatic carbocycles. The van der Waals surface area contributed by atoms with Crippen molar-refractivity contribution in [3.63, 3.8) is 0 Å². The molecule has 3 aromatic rings. The zero-order valence-corrected chi connectivity index (χ0v) is 13.0. The van der Waals surface area contributed by atoms with E-state index in [0.29, 0.717) is 17.2 Å². The van der Waals surface area contributed by atoms with Crippen LogP contribution in [0, 0.1) is 6.92 Å². The van der Waals surface area contributed by atoms with Crippen LogP contribution >= 0.6 is 0 Å². The number of carbonyl (C=O) groups is 1. The van der Waals surface area contributed by atoms with Crippen molar-refractivity contribution in [3.8, 4) is 0 Å². The predicted molar refractivity (Wildman–Crippen MR) is 83.1 cm³/mol. The van der Waals surface area contributed by atoms with Gasteiger partial charge < -0.3 is 11.1 Å². The number of nitrogens with two attached hydrogens (primary N) is 1. The third-order valence-electron chi connectivity index (χ3n) is 3.30. The zero-order valence-electron chi connectivity index (χ0n) is 13.0. The number of anilines is 2. The minimum Gasteiger partial charge on any atom is -0.369 e. The predicted octanol–water partition coefficient (Wildman–Crippen LogP) is 2.22. The SMILES string of the molecule is Cc1cc(Nc2ccc(C(F)(F)F)cc2)n2nc(CC(N)=O)nc2n1. The van der Waals surface area contributed by atoms with Crippen LogP contribution < -0.4 is 11.1 Å². The molecule has 25 heavy (non-hydrogen) atoms. The number of rotatable bonds is 4. The van der Waals surface area contributed by atoms with E-state index in [1.165, 1.54) is 16.6 Å². The fraction of sp³-hybridized carbons (Fsp3) is 0.200. The van der Waals surface area contributed by atoms with Gasteiger partial charge in [0.05, 0.1) is 12.0 Å². The van der Waals surface area contributed by atoms with Crippen LogP contribution in [0.4, 0.5) is 24.7 Å². The Kier molecular flexibility index (Phi) is 4.03. The maximum absolute atomic E-state index is 12.6. The van der Waals surface area contributed by atoms with Gasteiger partial charge in [0.1, 0.15) is 5.82 Å². The first-order valence-corrected chi connectivity index (χ1v) is 7.18. The smallest absolute Gasteiger partial charge is 0.369 e. The second kappa shape index (κ2) is 6.04. The number of alkyl halides is 3. The first-order valence-electron chi connectivity index (χ1n) is 7.18. The van der Waals surface area contributed by atoms with E-state index in [4.69, 9.17) is 5.73 Å². The van der Waals surface area contributed by atoms with Crippen LogP contribution in [0.25, 0.3) is 5.78 Å². The molecule has 0 radical (unpaired) electrons. The van der Waals surface area contributed by atoms with Crippen molar-refractivity contribution in [2.45, 2.75) is 19.5 Å². The molecule has 0 saturated carbocycles. The molecule has 1 aromatic carbocycles. The quantitative estimate of drug-likeness (QED) is 0.752. The molecule has 0 atom stereocenters. The van der Waals surface area contributed by atoms with Crippen molar-refractivity contribution < 1.29 is 18.0 Å². The zero-order chi connectivity index (χ0) is 18.2. The number of benzene rings is 1. The van der Waals surface area contributed by atoms with E-state index in [9.17, 15) is 18.0 Å². The Bertz CT molecular complexity index is 933. The Morgan fingerprint density at radius 3 is 2.52 bits per heavy atom. The van der Waals surface area contributed by atoms with Crippen molar-refractivity contribution in [1.29, 1.82) is 0 Å². The number of fused-ring (bicyclic) bond motifs is 1. The van der Waals surface area contributed by atoms with Gasteiger partial charge >= 0.3 is 6.18 Å². The maximum atomic E-state index is 12.6. The van der Waals surface area contributed by atoms with Crippen LogP contribution in [0.3, 0.4) is 0 Å². The summed E-state index contributed by atoms with van der Waals surface area (Å²) in [4.78, 5) is 19.3. The highest BCUT2D eigenvalue weighted by Crippen LogP contribution is 2.30. The van der Waals surface area contributed by atoms with Gasteiger partial charge in [-0.25, -0.2) is 4.98 Å². The highest BCUT2D eigenvalue weighted by molar-refractivity contribution is 5.75. The molecule has 0 aliphatic heterocycles. The number of nitrogens with one attached hydrogen (secondary N) is 1. The Balaban J connectivity index is 1.95. The Morgan fingerprint density at radius 1 is 1.24 bits per heavy atom. The van der Waals surface area contributed by atoms with E-state index >= 15 is 0 Å². The molecule has 10 heteroatoms. The van der Waals surface area contributed by atoms with Crippen LogP contribution in [-0.4, -0.2) is 25.5 Å². The van der Waals surface area contributed by atoms with Crippen LogP contribution in [0.15, 0.2) is 30.3 Å². The lowest BCUT2D eigenvalue weighted by Gasteiger charge is -2.10. The summed E-state index contributed by atoms with van der Waals surface area (Å²) in [6.07, 6.45) is -4.53. The third-order valence-corrected chi connectivity index (χ3v) is 3.30. The molecule has 0 fully saturated rings. The standard InChI is InChI=1S/C15H13F3N6O/c1-8-6-13(21-10-4-2-9(3-5-10)15(16,17)18)24-14(20-8)22-12(23-24)7-11(19)25/h2-6,21H,7H2,1H3,(H2,19,25). The minimum atomic E-state index is -4.39. The van der Waals surface area contributed by atoms with Gasteiger partial charge in [0, 0.05) is 17.4 Å². The average molecular weight is 350 g/mol. The average Bonchev–Trinajstić information content (AvgIpc) is 2.88. The second-order valence-electron chi connectivity index (χ2n) is 5.37. The molecule has 1 amide bonds. The molecule has 7 nitrogen and oxygen atoms in total. The number of halogens is 3. The topological polar surface area (TPSA) is 98.2 Å². The molecule has 0 spiro atoms. The summed E-state index contributed by atoms with van der Waals surface area (Å²) in [7, 11) is 0. The number of hydrogen-bond donors (Lipinski definition) is 2. The van der Waals surface area contributed by atoms with Gasteiger partial charge in [0.25, 0.3) is 5.78 Å². The highest BCUT2D eigenvalue weighted by atomic mass is 19.4. The molecule has 2 aromatic heterocycles. The summed E-state index contributed by atoms with van der Waals surface area (Å²) in [5.74, 6) is 0.335. The van der Waals surface area contributed by atoms with Crippen LogP contribution in [0.5, 0.6) is 0 Å². The lowest BCUT2D eigenvalue weighted by Crippen LogP contribution is -2.14. The molecular formula is C15H13F3N6O. The molecule has 0 aliphatic rings. The molecule has 3 rings (SSSR count). The summed E-state index contributed by atoms with van der Waals surface area (Å²) in [6.45, 7) is 1.74. The van der Waals surface area contributed by atoms with E-state index < -0.39 is 17.6 Å². The molecule has 0 bridgehead atoms. The van der Waals surface area contributed by atoms with Gasteiger partial charge in [-0.15, -0.1) is 5.10 Å². The summed E-state index contributed by atoms with van der Waals surface area (Å²) in [5.41, 5.74) is 5.46. The van der Waals surface area contributed by atoms with E-state index in [0.717, 1.165) is 12.1 Å². The molecule has 0 unspecified atom stereocenters. The molecule has 2 heterocycles. The van der Waals surface area contributed by atoms with Gasteiger partial charge in [0.15, 0.2) is 5.82 Å². The Hall–Kier alpha value is -3.17. The van der Waals surface area contributed by atoms with Crippen molar-refractivity contribution in [1.82, 2.24) is 19.6 Å². The number of primary amides is 1. The monoisotopic (exact) mass is 350 g/mol. The summed E-state index contributed by atoms with van der Waals surface area (Å²) >= 11 is 0. The first-order chi connectivity index (χ1) is 11.7. The largest absolute Gasteiger partial charge is 0.416 e. The lowest BCUT2D eigenvalue weighted by molar-refractivity contribution is -0.137. The van der Waals surface area contributed by atoms with E-state index in [1.54, 1.807) is 13.0 Å². The Morgan fingerprint density at radius 2 is 1.92 bits per heavy atom. The normalized spacial score (nSPS) is 11.7. The molecule has 130 valence electrons. The number of hydrogen-bond acceptors (Lipinski definition) is 5. The van der Waals surface area contributed by atoms with E-state index in [1.807, 2.05) is 0 Å². The summed E-state index contributed by atoms with van der Waals surface area (Å²) in [6, 6.07) is 6.24.